The third-order valence-electron chi connectivity index (χ3n) is 1.22. The first kappa shape index (κ1) is 6.80. The molecule has 1 rings (SSSR count). The van der Waals surface area contributed by atoms with Crippen LogP contribution in [-0.4, -0.2) is 30.1 Å². The van der Waals surface area contributed by atoms with Gasteiger partial charge in [0.05, 0.1) is 5.69 Å². The molecule has 0 radical (unpaired) electrons. The minimum atomic E-state index is 0.817. The number of amidine groups is 1. The van der Waals surface area contributed by atoms with Crippen molar-refractivity contribution in [3.05, 3.63) is 18.0 Å². The van der Waals surface area contributed by atoms with Gasteiger partial charge in [0.25, 0.3) is 0 Å². The highest BCUT2D eigenvalue weighted by Crippen LogP contribution is 1.90. The number of rotatable bonds is 1. The van der Waals surface area contributed by atoms with Crippen LogP contribution in [0.5, 0.6) is 0 Å². The van der Waals surface area contributed by atoms with Crippen LogP contribution < -0.4 is 5.32 Å². The summed E-state index contributed by atoms with van der Waals surface area (Å²) in [5, 5.41) is 9.52. The summed E-state index contributed by atoms with van der Waals surface area (Å²) < 4.78 is 0. The largest absolute Gasteiger partial charge is 0.372 e. The lowest BCUT2D eigenvalue weighted by atomic mass is 10.4. The molecule has 10 heavy (non-hydrogen) atoms. The lowest BCUT2D eigenvalue weighted by Gasteiger charge is -1.98. The van der Waals surface area contributed by atoms with Crippen molar-refractivity contribution in [1.82, 2.24) is 15.5 Å². The maximum Gasteiger partial charge on any atom is 0.146 e. The molecule has 1 aromatic rings. The van der Waals surface area contributed by atoms with Crippen LogP contribution in [0.2, 0.25) is 0 Å². The van der Waals surface area contributed by atoms with Crippen molar-refractivity contribution in [2.24, 2.45) is 4.99 Å². The molecule has 1 aromatic heterocycles. The van der Waals surface area contributed by atoms with Crippen LogP contribution in [0, 0.1) is 0 Å². The molecule has 0 saturated carbocycles. The first-order valence-electron chi connectivity index (χ1n) is 3.02. The van der Waals surface area contributed by atoms with E-state index in [1.54, 1.807) is 13.2 Å². The molecule has 2 N–H and O–H groups in total. The fourth-order valence-corrected chi connectivity index (χ4v) is 0.755. The molecule has 0 spiro atoms. The molecule has 0 aliphatic rings. The second kappa shape index (κ2) is 3.00. The van der Waals surface area contributed by atoms with E-state index in [1.165, 1.54) is 0 Å². The van der Waals surface area contributed by atoms with Crippen LogP contribution in [0.1, 0.15) is 5.69 Å². The van der Waals surface area contributed by atoms with Crippen molar-refractivity contribution in [3.8, 4) is 0 Å². The standard InChI is InChI=1S/C6H10N4/c1-7-6(8-2)5-3-4-9-10-5/h3-4H,1-2H3,(H,7,8)(H,9,10). The Morgan fingerprint density at radius 2 is 2.60 bits per heavy atom. The Morgan fingerprint density at radius 3 is 3.00 bits per heavy atom. The summed E-state index contributed by atoms with van der Waals surface area (Å²) in [6, 6.07) is 1.86. The molecule has 4 heteroatoms. The first-order valence-corrected chi connectivity index (χ1v) is 3.02. The number of nitrogens with one attached hydrogen (secondary N) is 2. The summed E-state index contributed by atoms with van der Waals surface area (Å²) in [7, 11) is 3.55. The van der Waals surface area contributed by atoms with Crippen molar-refractivity contribution in [3.63, 3.8) is 0 Å². The molecule has 0 fully saturated rings. The quantitative estimate of drug-likeness (QED) is 0.424. The highest BCUT2D eigenvalue weighted by Gasteiger charge is 1.97. The van der Waals surface area contributed by atoms with E-state index in [-0.39, 0.29) is 0 Å². The van der Waals surface area contributed by atoms with Crippen LogP contribution in [0.15, 0.2) is 17.3 Å². The monoisotopic (exact) mass is 138 g/mol. The van der Waals surface area contributed by atoms with E-state index in [0.29, 0.717) is 0 Å². The van der Waals surface area contributed by atoms with Gasteiger partial charge in [-0.05, 0) is 6.07 Å². The van der Waals surface area contributed by atoms with Crippen LogP contribution in [0.4, 0.5) is 0 Å². The van der Waals surface area contributed by atoms with Crippen molar-refractivity contribution < 1.29 is 0 Å². The maximum atomic E-state index is 3.98. The number of aromatic amines is 1. The maximum absolute atomic E-state index is 3.98. The number of aromatic nitrogens is 2. The summed E-state index contributed by atoms with van der Waals surface area (Å²) in [6.45, 7) is 0. The number of nitrogens with zero attached hydrogens (tertiary/aromatic N) is 2. The van der Waals surface area contributed by atoms with E-state index in [0.717, 1.165) is 11.5 Å². The molecule has 0 amide bonds. The number of H-pyrrole nitrogens is 1. The summed E-state index contributed by atoms with van der Waals surface area (Å²) in [5.41, 5.74) is 0.907. The van der Waals surface area contributed by atoms with Gasteiger partial charge in [-0.25, -0.2) is 0 Å². The molecule has 4 nitrogen and oxygen atoms in total. The third-order valence-corrected chi connectivity index (χ3v) is 1.22. The van der Waals surface area contributed by atoms with Gasteiger partial charge in [0.2, 0.25) is 0 Å². The third kappa shape index (κ3) is 1.15. The molecular weight excluding hydrogens is 128 g/mol. The minimum absolute atomic E-state index is 0.817. The Labute approximate surface area is 59.4 Å². The fourth-order valence-electron chi connectivity index (χ4n) is 0.755. The fraction of sp³-hybridized carbons (Fsp3) is 0.333. The van der Waals surface area contributed by atoms with Gasteiger partial charge in [0.1, 0.15) is 5.84 Å². The Morgan fingerprint density at radius 1 is 1.80 bits per heavy atom. The molecule has 54 valence electrons. The Kier molecular flexibility index (Phi) is 2.04. The summed E-state index contributed by atoms with van der Waals surface area (Å²) in [4.78, 5) is 3.98. The number of hydrogen-bond donors (Lipinski definition) is 2. The molecule has 0 aliphatic carbocycles. The van der Waals surface area contributed by atoms with E-state index in [4.69, 9.17) is 0 Å². The molecule has 0 bridgehead atoms. The van der Waals surface area contributed by atoms with E-state index in [2.05, 4.69) is 20.5 Å². The minimum Gasteiger partial charge on any atom is -0.372 e. The predicted octanol–water partition coefficient (Wildman–Crippen LogP) is 0.00550. The van der Waals surface area contributed by atoms with Gasteiger partial charge in [-0.15, -0.1) is 0 Å². The Hall–Kier alpha value is -1.32. The Balaban J connectivity index is 2.85. The van der Waals surface area contributed by atoms with Crippen molar-refractivity contribution in [2.45, 2.75) is 0 Å². The second-order valence-electron chi connectivity index (χ2n) is 1.79. The topological polar surface area (TPSA) is 53.1 Å². The normalized spacial score (nSPS) is 11.6. The van der Waals surface area contributed by atoms with Gasteiger partial charge < -0.3 is 5.32 Å². The second-order valence-corrected chi connectivity index (χ2v) is 1.79. The molecule has 0 atom stereocenters. The van der Waals surface area contributed by atoms with Crippen LogP contribution in [0.3, 0.4) is 0 Å². The molecule has 0 aromatic carbocycles. The highest BCUT2D eigenvalue weighted by molar-refractivity contribution is 5.96. The van der Waals surface area contributed by atoms with Gasteiger partial charge in [-0.2, -0.15) is 5.10 Å². The highest BCUT2D eigenvalue weighted by atomic mass is 15.1. The lowest BCUT2D eigenvalue weighted by Crippen LogP contribution is -2.19. The predicted molar refractivity (Wildman–Crippen MR) is 40.1 cm³/mol. The molecule has 0 unspecified atom stereocenters. The van der Waals surface area contributed by atoms with Gasteiger partial charge in [0, 0.05) is 20.3 Å². The SMILES string of the molecule is CN=C(NC)c1ccn[nH]1. The molecular formula is C6H10N4. The average molecular weight is 138 g/mol. The van der Waals surface area contributed by atoms with Crippen molar-refractivity contribution >= 4 is 5.84 Å². The van der Waals surface area contributed by atoms with Crippen LogP contribution >= 0.6 is 0 Å². The molecule has 1 heterocycles. The number of aliphatic imine (C=N–C) groups is 1. The van der Waals surface area contributed by atoms with Crippen molar-refractivity contribution in [2.75, 3.05) is 14.1 Å². The van der Waals surface area contributed by atoms with Crippen molar-refractivity contribution in [1.29, 1.82) is 0 Å². The summed E-state index contributed by atoms with van der Waals surface area (Å²) >= 11 is 0. The summed E-state index contributed by atoms with van der Waals surface area (Å²) in [6.07, 6.45) is 1.69. The Bertz CT molecular complexity index is 212. The van der Waals surface area contributed by atoms with Gasteiger partial charge in [0.15, 0.2) is 0 Å². The van der Waals surface area contributed by atoms with E-state index in [1.807, 2.05) is 13.1 Å². The zero-order valence-electron chi connectivity index (χ0n) is 6.05. The zero-order chi connectivity index (χ0) is 7.40. The van der Waals surface area contributed by atoms with Crippen LogP contribution in [0.25, 0.3) is 0 Å². The zero-order valence-corrected chi connectivity index (χ0v) is 6.05. The van der Waals surface area contributed by atoms with Crippen LogP contribution in [-0.2, 0) is 0 Å². The molecule has 0 aliphatic heterocycles. The van der Waals surface area contributed by atoms with E-state index < -0.39 is 0 Å². The van der Waals surface area contributed by atoms with Gasteiger partial charge in [-0.3, -0.25) is 10.1 Å². The average Bonchev–Trinajstić information content (AvgIpc) is 2.43. The van der Waals surface area contributed by atoms with Gasteiger partial charge >= 0.3 is 0 Å². The summed E-state index contributed by atoms with van der Waals surface area (Å²) in [5.74, 6) is 0.817. The van der Waals surface area contributed by atoms with Gasteiger partial charge in [-0.1, -0.05) is 0 Å². The van der Waals surface area contributed by atoms with E-state index in [9.17, 15) is 0 Å². The smallest absolute Gasteiger partial charge is 0.146 e. The number of hydrogen-bond acceptors (Lipinski definition) is 2. The lowest BCUT2D eigenvalue weighted by molar-refractivity contribution is 1.05. The molecule has 0 saturated heterocycles. The van der Waals surface area contributed by atoms with E-state index >= 15 is 0 Å². The first-order chi connectivity index (χ1) is 4.88.